The molecule has 2 atom stereocenters. The smallest absolute Gasteiger partial charge is 0.135 e. The van der Waals surface area contributed by atoms with Gasteiger partial charge in [0.2, 0.25) is 0 Å². The number of terminal acetylenes is 1. The molecule has 0 bridgehead atoms. The quantitative estimate of drug-likeness (QED) is 0.133. The van der Waals surface area contributed by atoms with Gasteiger partial charge in [-0.2, -0.15) is 5.26 Å². The average molecular weight is 467 g/mol. The number of nitriles is 1. The molecule has 3 aromatic carbocycles. The number of fused-ring (bicyclic) bond motifs is 6. The average Bonchev–Trinajstić information content (AvgIpc) is 3.40. The normalized spacial score (nSPS) is 21.6. The lowest BCUT2D eigenvalue weighted by molar-refractivity contribution is 0.436. The van der Waals surface area contributed by atoms with E-state index in [4.69, 9.17) is 10.8 Å². The molecule has 4 aromatic rings. The first-order chi connectivity index (χ1) is 17.6. The molecule has 1 aromatic heterocycles. The van der Waals surface area contributed by atoms with Gasteiger partial charge in [-0.25, -0.2) is 0 Å². The van der Waals surface area contributed by atoms with Crippen molar-refractivity contribution in [2.45, 2.75) is 38.1 Å². The molecular formula is C33H26N2O. The number of benzene rings is 3. The Labute approximate surface area is 211 Å². The zero-order valence-corrected chi connectivity index (χ0v) is 20.5. The summed E-state index contributed by atoms with van der Waals surface area (Å²) in [6.07, 6.45) is 14.4. The molecular weight excluding hydrogens is 440 g/mol. The number of nitrogens with zero attached hydrogens (tertiary/aromatic N) is 2. The third-order valence-corrected chi connectivity index (χ3v) is 7.76. The van der Waals surface area contributed by atoms with Crippen LogP contribution in [0, 0.1) is 23.7 Å². The molecule has 2 heterocycles. The fourth-order valence-corrected chi connectivity index (χ4v) is 6.10. The van der Waals surface area contributed by atoms with Crippen LogP contribution >= 0.6 is 0 Å². The molecule has 3 heteroatoms. The Kier molecular flexibility index (Phi) is 5.10. The molecule has 0 fully saturated rings. The van der Waals surface area contributed by atoms with Crippen LogP contribution in [-0.2, 0) is 5.41 Å². The fourth-order valence-electron chi connectivity index (χ4n) is 6.10. The molecule has 1 aliphatic carbocycles. The van der Waals surface area contributed by atoms with Crippen molar-refractivity contribution in [1.82, 2.24) is 0 Å². The van der Waals surface area contributed by atoms with Gasteiger partial charge in [0.15, 0.2) is 0 Å². The van der Waals surface area contributed by atoms with Crippen LogP contribution in [0.4, 0.5) is 5.69 Å². The van der Waals surface area contributed by atoms with Crippen LogP contribution in [0.25, 0.3) is 27.5 Å². The van der Waals surface area contributed by atoms with Gasteiger partial charge < -0.3 is 9.32 Å². The van der Waals surface area contributed by atoms with Gasteiger partial charge in [0.1, 0.15) is 11.2 Å². The van der Waals surface area contributed by atoms with Crippen molar-refractivity contribution in [3.05, 3.63) is 107 Å². The van der Waals surface area contributed by atoms with Gasteiger partial charge >= 0.3 is 0 Å². The Morgan fingerprint density at radius 2 is 1.86 bits per heavy atom. The number of para-hydroxylation sites is 2. The first-order valence-electron chi connectivity index (χ1n) is 12.3. The zero-order valence-electron chi connectivity index (χ0n) is 20.5. The maximum atomic E-state index is 10.1. The second kappa shape index (κ2) is 8.33. The lowest BCUT2D eigenvalue weighted by atomic mass is 9.73. The number of hydrogen-bond acceptors (Lipinski definition) is 3. The summed E-state index contributed by atoms with van der Waals surface area (Å²) in [5, 5.41) is 12.2. The summed E-state index contributed by atoms with van der Waals surface area (Å²) in [6.45, 7) is 4.18. The minimum atomic E-state index is -0.126. The van der Waals surface area contributed by atoms with E-state index in [-0.39, 0.29) is 11.5 Å². The second-order valence-corrected chi connectivity index (χ2v) is 9.78. The van der Waals surface area contributed by atoms with Crippen molar-refractivity contribution in [1.29, 1.82) is 5.26 Å². The topological polar surface area (TPSA) is 40.2 Å². The molecule has 6 rings (SSSR count). The van der Waals surface area contributed by atoms with Crippen molar-refractivity contribution in [3.8, 4) is 18.4 Å². The Hall–Kier alpha value is -4.47. The van der Waals surface area contributed by atoms with Crippen molar-refractivity contribution in [3.63, 3.8) is 0 Å². The predicted molar refractivity (Wildman–Crippen MR) is 147 cm³/mol. The van der Waals surface area contributed by atoms with Crippen LogP contribution in [-0.4, -0.2) is 6.04 Å². The molecule has 2 aliphatic rings. The highest BCUT2D eigenvalue weighted by atomic mass is 16.3. The molecule has 0 radical (unpaired) electrons. The van der Waals surface area contributed by atoms with E-state index in [0.717, 1.165) is 57.3 Å². The lowest BCUT2D eigenvalue weighted by Gasteiger charge is -2.39. The van der Waals surface area contributed by atoms with E-state index in [2.05, 4.69) is 72.4 Å². The predicted octanol–water partition coefficient (Wildman–Crippen LogP) is 7.90. The monoisotopic (exact) mass is 466 g/mol. The van der Waals surface area contributed by atoms with Crippen LogP contribution in [0.2, 0.25) is 0 Å². The van der Waals surface area contributed by atoms with Crippen LogP contribution in [0.1, 0.15) is 37.8 Å². The molecule has 0 N–H and O–H groups in total. The van der Waals surface area contributed by atoms with Gasteiger partial charge in [-0.15, -0.1) is 6.42 Å². The van der Waals surface area contributed by atoms with Crippen LogP contribution < -0.4 is 4.90 Å². The van der Waals surface area contributed by atoms with E-state index in [9.17, 15) is 5.26 Å². The Balaban J connectivity index is 1.59. The van der Waals surface area contributed by atoms with Crippen LogP contribution in [0.5, 0.6) is 0 Å². The summed E-state index contributed by atoms with van der Waals surface area (Å²) in [6, 6.07) is 25.4. The Morgan fingerprint density at radius 1 is 1.08 bits per heavy atom. The van der Waals surface area contributed by atoms with Crippen molar-refractivity contribution >= 4 is 33.2 Å². The third-order valence-electron chi connectivity index (χ3n) is 7.76. The summed E-state index contributed by atoms with van der Waals surface area (Å²) in [4.78, 5) is 2.38. The van der Waals surface area contributed by atoms with E-state index in [1.807, 2.05) is 43.3 Å². The minimum Gasteiger partial charge on any atom is -0.456 e. The summed E-state index contributed by atoms with van der Waals surface area (Å²) in [5.74, 6) is 2.79. The molecule has 0 saturated carbocycles. The number of allylic oxidation sites excluding steroid dienone is 4. The van der Waals surface area contributed by atoms with E-state index >= 15 is 0 Å². The summed E-state index contributed by atoms with van der Waals surface area (Å²) >= 11 is 0. The molecule has 174 valence electrons. The van der Waals surface area contributed by atoms with Gasteiger partial charge in [0.25, 0.3) is 0 Å². The standard InChI is InChI=1S/C33H26N2O/c1-4-11-28(35-27-14-7-6-13-26(27)33(3)19-10-9-16-31(33)35)32(22(2)21-34)23-17-18-30-25(20-23)24-12-5-8-15-29(24)36-30/h1,5-8,10-15,17-20,31H,9,16H2,2-3H3/b28-11+,32-22+. The summed E-state index contributed by atoms with van der Waals surface area (Å²) in [5.41, 5.74) is 7.32. The first-order valence-corrected chi connectivity index (χ1v) is 12.3. The molecule has 0 amide bonds. The highest BCUT2D eigenvalue weighted by Gasteiger charge is 2.48. The van der Waals surface area contributed by atoms with E-state index in [1.54, 1.807) is 0 Å². The van der Waals surface area contributed by atoms with E-state index in [1.165, 1.54) is 5.56 Å². The molecule has 1 aliphatic heterocycles. The minimum absolute atomic E-state index is 0.126. The number of furan rings is 1. The van der Waals surface area contributed by atoms with Gasteiger partial charge in [-0.3, -0.25) is 0 Å². The van der Waals surface area contributed by atoms with Gasteiger partial charge in [-0.1, -0.05) is 60.5 Å². The van der Waals surface area contributed by atoms with Crippen molar-refractivity contribution < 1.29 is 4.42 Å². The van der Waals surface area contributed by atoms with Crippen LogP contribution in [0.15, 0.2) is 101 Å². The SMILES string of the molecule is C#C/C=C(\C(=C(/C)C#N)c1ccc2oc3ccccc3c2c1)N1c2ccccc2C2(C)C=CCCC12. The third kappa shape index (κ3) is 3.14. The van der Waals surface area contributed by atoms with Gasteiger partial charge in [0, 0.05) is 45.1 Å². The Bertz CT molecular complexity index is 1700. The number of rotatable bonds is 3. The Morgan fingerprint density at radius 3 is 2.69 bits per heavy atom. The second-order valence-electron chi connectivity index (χ2n) is 9.78. The lowest BCUT2D eigenvalue weighted by Crippen LogP contribution is -2.43. The summed E-state index contributed by atoms with van der Waals surface area (Å²) in [7, 11) is 0. The molecule has 0 spiro atoms. The van der Waals surface area contributed by atoms with Crippen molar-refractivity contribution in [2.75, 3.05) is 4.90 Å². The number of hydrogen-bond donors (Lipinski definition) is 0. The summed E-state index contributed by atoms with van der Waals surface area (Å²) < 4.78 is 6.07. The first kappa shape index (κ1) is 22.0. The van der Waals surface area contributed by atoms with Crippen molar-refractivity contribution in [2.24, 2.45) is 0 Å². The number of anilines is 1. The van der Waals surface area contributed by atoms with Gasteiger partial charge in [-0.05, 0) is 62.1 Å². The zero-order chi connectivity index (χ0) is 24.9. The fraction of sp³-hybridized carbons (Fsp3) is 0.182. The maximum absolute atomic E-state index is 10.1. The van der Waals surface area contributed by atoms with E-state index < -0.39 is 0 Å². The van der Waals surface area contributed by atoms with Gasteiger partial charge in [0.05, 0.1) is 11.8 Å². The molecule has 2 unspecified atom stereocenters. The highest BCUT2D eigenvalue weighted by Crippen LogP contribution is 2.52. The maximum Gasteiger partial charge on any atom is 0.135 e. The largest absolute Gasteiger partial charge is 0.456 e. The van der Waals surface area contributed by atoms with E-state index in [0.29, 0.717) is 5.57 Å². The molecule has 0 saturated heterocycles. The molecule has 36 heavy (non-hydrogen) atoms. The highest BCUT2D eigenvalue weighted by molar-refractivity contribution is 6.06. The van der Waals surface area contributed by atoms with Crippen LogP contribution in [0.3, 0.4) is 0 Å². The molecule has 3 nitrogen and oxygen atoms in total.